The Morgan fingerprint density at radius 3 is 1.50 bits per heavy atom. The minimum Gasteiger partial charge on any atom is -0.328 e. The Kier molecular flexibility index (Phi) is 6.29. The summed E-state index contributed by atoms with van der Waals surface area (Å²) in [4.78, 5) is 3.78. The zero-order chi connectivity index (χ0) is 9.40. The van der Waals surface area contributed by atoms with Gasteiger partial charge in [0.2, 0.25) is 0 Å². The van der Waals surface area contributed by atoms with Crippen LogP contribution in [0.2, 0.25) is 0 Å². The molecule has 0 radical (unpaired) electrons. The number of nitrogens with zero attached hydrogens (tertiary/aromatic N) is 1. The largest absolute Gasteiger partial charge is 0.328 e. The van der Waals surface area contributed by atoms with Crippen LogP contribution in [0.25, 0.3) is 0 Å². The van der Waals surface area contributed by atoms with Crippen molar-refractivity contribution in [2.75, 3.05) is 0 Å². The second-order valence-corrected chi connectivity index (χ2v) is 3.13. The standard InChI is InChI=1S/C5H5N.C5H13N/c1-2-4-6-5-3-1;1-4(2)5(3)6/h1-5H;4-5H,6H2,1-3H3. The van der Waals surface area contributed by atoms with Gasteiger partial charge in [0.05, 0.1) is 0 Å². The van der Waals surface area contributed by atoms with E-state index in [1.165, 1.54) is 0 Å². The first-order valence-electron chi connectivity index (χ1n) is 4.25. The maximum absolute atomic E-state index is 5.44. The summed E-state index contributed by atoms with van der Waals surface area (Å²) in [5.41, 5.74) is 5.44. The molecule has 0 aliphatic heterocycles. The van der Waals surface area contributed by atoms with Crippen LogP contribution in [-0.2, 0) is 0 Å². The lowest BCUT2D eigenvalue weighted by Crippen LogP contribution is -2.21. The molecule has 0 aliphatic rings. The fraction of sp³-hybridized carbons (Fsp3) is 0.500. The molecule has 2 nitrogen and oxygen atoms in total. The smallest absolute Gasteiger partial charge is 0.0267 e. The molecule has 0 aliphatic carbocycles. The van der Waals surface area contributed by atoms with Crippen molar-refractivity contribution in [3.05, 3.63) is 30.6 Å². The van der Waals surface area contributed by atoms with Gasteiger partial charge in [0, 0.05) is 18.4 Å². The molecule has 0 saturated heterocycles. The Labute approximate surface area is 74.8 Å². The fourth-order valence-electron chi connectivity index (χ4n) is 0.313. The molecule has 1 atom stereocenters. The molecule has 1 heterocycles. The molecule has 0 fully saturated rings. The van der Waals surface area contributed by atoms with Crippen LogP contribution < -0.4 is 5.73 Å². The number of hydrogen-bond donors (Lipinski definition) is 1. The van der Waals surface area contributed by atoms with Crippen molar-refractivity contribution in [1.29, 1.82) is 0 Å². The van der Waals surface area contributed by atoms with Crippen molar-refractivity contribution in [3.8, 4) is 0 Å². The van der Waals surface area contributed by atoms with Crippen molar-refractivity contribution < 1.29 is 0 Å². The van der Waals surface area contributed by atoms with E-state index >= 15 is 0 Å². The summed E-state index contributed by atoms with van der Waals surface area (Å²) < 4.78 is 0. The van der Waals surface area contributed by atoms with E-state index < -0.39 is 0 Å². The minimum absolute atomic E-state index is 0.352. The normalized spacial score (nSPS) is 11.8. The van der Waals surface area contributed by atoms with Gasteiger partial charge in [-0.05, 0) is 25.0 Å². The van der Waals surface area contributed by atoms with E-state index in [4.69, 9.17) is 5.73 Å². The highest BCUT2D eigenvalue weighted by atomic mass is 14.6. The van der Waals surface area contributed by atoms with Gasteiger partial charge in [0.1, 0.15) is 0 Å². The van der Waals surface area contributed by atoms with Gasteiger partial charge in [-0.15, -0.1) is 0 Å². The van der Waals surface area contributed by atoms with Gasteiger partial charge in [0.15, 0.2) is 0 Å². The van der Waals surface area contributed by atoms with E-state index in [1.54, 1.807) is 12.4 Å². The first kappa shape index (κ1) is 11.1. The first-order valence-corrected chi connectivity index (χ1v) is 4.25. The van der Waals surface area contributed by atoms with Crippen LogP contribution in [0.4, 0.5) is 0 Å². The van der Waals surface area contributed by atoms with E-state index in [9.17, 15) is 0 Å². The number of aromatic nitrogens is 1. The molecular weight excluding hydrogens is 148 g/mol. The lowest BCUT2D eigenvalue weighted by atomic mass is 10.1. The molecule has 0 amide bonds. The Morgan fingerprint density at radius 1 is 1.00 bits per heavy atom. The van der Waals surface area contributed by atoms with E-state index in [0.717, 1.165) is 0 Å². The molecule has 0 bridgehead atoms. The van der Waals surface area contributed by atoms with Gasteiger partial charge in [-0.1, -0.05) is 19.9 Å². The van der Waals surface area contributed by atoms with Crippen LogP contribution in [-0.4, -0.2) is 11.0 Å². The van der Waals surface area contributed by atoms with Gasteiger partial charge in [-0.3, -0.25) is 4.98 Å². The van der Waals surface area contributed by atoms with E-state index in [0.29, 0.717) is 12.0 Å². The van der Waals surface area contributed by atoms with E-state index in [2.05, 4.69) is 18.8 Å². The highest BCUT2D eigenvalue weighted by Crippen LogP contribution is 1.93. The van der Waals surface area contributed by atoms with Crippen LogP contribution in [0.3, 0.4) is 0 Å². The lowest BCUT2D eigenvalue weighted by Gasteiger charge is -2.05. The summed E-state index contributed by atoms with van der Waals surface area (Å²) in [5, 5.41) is 0. The molecule has 2 heteroatoms. The van der Waals surface area contributed by atoms with Gasteiger partial charge >= 0.3 is 0 Å². The predicted octanol–water partition coefficient (Wildman–Crippen LogP) is 2.07. The summed E-state index contributed by atoms with van der Waals surface area (Å²) in [6.07, 6.45) is 3.50. The van der Waals surface area contributed by atoms with Crippen LogP contribution in [0.5, 0.6) is 0 Å². The van der Waals surface area contributed by atoms with Gasteiger partial charge < -0.3 is 5.73 Å². The molecular formula is C10H18N2. The molecule has 1 unspecified atom stereocenters. The second-order valence-electron chi connectivity index (χ2n) is 3.13. The fourth-order valence-corrected chi connectivity index (χ4v) is 0.313. The number of pyridine rings is 1. The molecule has 0 saturated carbocycles. The minimum atomic E-state index is 0.352. The number of nitrogens with two attached hydrogens (primary N) is 1. The third-order valence-electron chi connectivity index (χ3n) is 1.62. The Morgan fingerprint density at radius 2 is 1.42 bits per heavy atom. The quantitative estimate of drug-likeness (QED) is 0.693. The van der Waals surface area contributed by atoms with Crippen molar-refractivity contribution in [2.24, 2.45) is 11.7 Å². The maximum atomic E-state index is 5.44. The summed E-state index contributed by atoms with van der Waals surface area (Å²) in [6.45, 7) is 6.25. The second kappa shape index (κ2) is 6.80. The molecule has 0 spiro atoms. The monoisotopic (exact) mass is 166 g/mol. The Balaban J connectivity index is 0.000000202. The lowest BCUT2D eigenvalue weighted by molar-refractivity contribution is 0.529. The van der Waals surface area contributed by atoms with Crippen molar-refractivity contribution in [1.82, 2.24) is 4.98 Å². The van der Waals surface area contributed by atoms with Crippen LogP contribution in [0.1, 0.15) is 20.8 Å². The number of hydrogen-bond acceptors (Lipinski definition) is 2. The molecule has 12 heavy (non-hydrogen) atoms. The molecule has 68 valence electrons. The van der Waals surface area contributed by atoms with Crippen molar-refractivity contribution >= 4 is 0 Å². The zero-order valence-electron chi connectivity index (χ0n) is 8.07. The average molecular weight is 166 g/mol. The summed E-state index contributed by atoms with van der Waals surface area (Å²) in [6, 6.07) is 6.07. The first-order chi connectivity index (χ1) is 5.64. The Hall–Kier alpha value is -0.890. The third kappa shape index (κ3) is 7.22. The highest BCUT2D eigenvalue weighted by molar-refractivity contribution is 4.88. The van der Waals surface area contributed by atoms with E-state index in [1.807, 2.05) is 25.1 Å². The average Bonchev–Trinajstić information content (AvgIpc) is 2.08. The van der Waals surface area contributed by atoms with Gasteiger partial charge in [0.25, 0.3) is 0 Å². The van der Waals surface area contributed by atoms with Crippen LogP contribution >= 0.6 is 0 Å². The van der Waals surface area contributed by atoms with Crippen molar-refractivity contribution in [3.63, 3.8) is 0 Å². The molecule has 1 aromatic heterocycles. The summed E-state index contributed by atoms with van der Waals surface area (Å²) >= 11 is 0. The van der Waals surface area contributed by atoms with E-state index in [-0.39, 0.29) is 0 Å². The third-order valence-corrected chi connectivity index (χ3v) is 1.62. The maximum Gasteiger partial charge on any atom is 0.0267 e. The van der Waals surface area contributed by atoms with Crippen molar-refractivity contribution in [2.45, 2.75) is 26.8 Å². The topological polar surface area (TPSA) is 38.9 Å². The van der Waals surface area contributed by atoms with Gasteiger partial charge in [-0.25, -0.2) is 0 Å². The SMILES string of the molecule is CC(C)C(C)N.c1ccncc1. The van der Waals surface area contributed by atoms with Gasteiger partial charge in [-0.2, -0.15) is 0 Å². The molecule has 2 N–H and O–H groups in total. The van der Waals surface area contributed by atoms with Crippen LogP contribution in [0, 0.1) is 5.92 Å². The van der Waals surface area contributed by atoms with Crippen LogP contribution in [0.15, 0.2) is 30.6 Å². The summed E-state index contributed by atoms with van der Waals surface area (Å²) in [7, 11) is 0. The Bertz CT molecular complexity index is 138. The molecule has 1 aromatic rings. The zero-order valence-corrected chi connectivity index (χ0v) is 8.07. The number of rotatable bonds is 1. The molecule has 0 aromatic carbocycles. The highest BCUT2D eigenvalue weighted by Gasteiger charge is 1.95. The summed E-state index contributed by atoms with van der Waals surface area (Å²) in [5.74, 6) is 0.630. The predicted molar refractivity (Wildman–Crippen MR) is 52.7 cm³/mol. The molecule has 1 rings (SSSR count).